The molecule has 3 rings (SSSR count). The van der Waals surface area contributed by atoms with E-state index in [1.165, 1.54) is 11.6 Å². The molecule has 0 bridgehead atoms. The van der Waals surface area contributed by atoms with Crippen LogP contribution in [0.25, 0.3) is 5.69 Å². The number of para-hydroxylation sites is 1. The summed E-state index contributed by atoms with van der Waals surface area (Å²) in [6, 6.07) is 9.08. The van der Waals surface area contributed by atoms with Crippen LogP contribution in [-0.4, -0.2) is 32.5 Å². The molecule has 2 heterocycles. The largest absolute Gasteiger partial charge is 0.449 e. The third-order valence-electron chi connectivity index (χ3n) is 4.93. The summed E-state index contributed by atoms with van der Waals surface area (Å²) in [5, 5.41) is 6.41. The molecule has 2 aromatic heterocycles. The molecule has 30 heavy (non-hydrogen) atoms. The second-order valence-corrected chi connectivity index (χ2v) is 6.89. The van der Waals surface area contributed by atoms with Gasteiger partial charge in [0.05, 0.1) is 17.1 Å². The fraction of sp³-hybridized carbons (Fsp3) is 0.333. The molecule has 1 atom stereocenters. The Morgan fingerprint density at radius 2 is 1.90 bits per heavy atom. The third-order valence-corrected chi connectivity index (χ3v) is 4.93. The van der Waals surface area contributed by atoms with Gasteiger partial charge >= 0.3 is 5.97 Å². The average Bonchev–Trinajstić information content (AvgIpc) is 3.21. The van der Waals surface area contributed by atoms with Crippen LogP contribution < -0.4 is 10.9 Å². The summed E-state index contributed by atoms with van der Waals surface area (Å²) in [5.74, 6) is -0.977. The molecule has 0 saturated carbocycles. The molecule has 0 unspecified atom stereocenters. The van der Waals surface area contributed by atoms with Gasteiger partial charge in [0.25, 0.3) is 11.5 Å². The molecule has 9 nitrogen and oxygen atoms in total. The Morgan fingerprint density at radius 1 is 1.23 bits per heavy atom. The number of nitrogens with one attached hydrogen (secondary N) is 1. The van der Waals surface area contributed by atoms with Crippen molar-refractivity contribution in [2.24, 2.45) is 7.05 Å². The Balaban J connectivity index is 1.80. The van der Waals surface area contributed by atoms with Crippen molar-refractivity contribution in [3.05, 3.63) is 63.4 Å². The van der Waals surface area contributed by atoms with Gasteiger partial charge < -0.3 is 14.6 Å². The van der Waals surface area contributed by atoms with Gasteiger partial charge in [-0.05, 0) is 39.3 Å². The van der Waals surface area contributed by atoms with Gasteiger partial charge in [0.1, 0.15) is 17.0 Å². The van der Waals surface area contributed by atoms with Gasteiger partial charge in [0, 0.05) is 7.05 Å². The van der Waals surface area contributed by atoms with Crippen molar-refractivity contribution in [2.75, 3.05) is 5.32 Å². The maximum atomic E-state index is 12.9. The van der Waals surface area contributed by atoms with Crippen molar-refractivity contribution in [1.29, 1.82) is 0 Å². The summed E-state index contributed by atoms with van der Waals surface area (Å²) in [4.78, 5) is 38.0. The number of benzene rings is 1. The Kier molecular flexibility index (Phi) is 5.91. The number of anilines is 1. The van der Waals surface area contributed by atoms with Crippen LogP contribution in [0.3, 0.4) is 0 Å². The number of hydrogen-bond donors (Lipinski definition) is 1. The third kappa shape index (κ3) is 3.78. The van der Waals surface area contributed by atoms with Crippen LogP contribution in [0.4, 0.5) is 5.69 Å². The predicted molar refractivity (Wildman–Crippen MR) is 110 cm³/mol. The lowest BCUT2D eigenvalue weighted by molar-refractivity contribution is -0.123. The standard InChI is InChI=1S/C21H24N4O5/c1-6-16-17(13(3)30-23-16)21(28)29-14(4)19(26)22-18-12(2)24(5)25(20(18)27)15-10-8-7-9-11-15/h7-11,14H,6H2,1-5H3,(H,22,26)/t14-/m1/s1. The van der Waals surface area contributed by atoms with Crippen LogP contribution in [0.1, 0.15) is 41.4 Å². The van der Waals surface area contributed by atoms with Crippen LogP contribution in [-0.2, 0) is 23.0 Å². The smallest absolute Gasteiger partial charge is 0.344 e. The quantitative estimate of drug-likeness (QED) is 0.623. The lowest BCUT2D eigenvalue weighted by Gasteiger charge is -2.13. The van der Waals surface area contributed by atoms with Crippen molar-refractivity contribution >= 4 is 17.6 Å². The number of hydrogen-bond acceptors (Lipinski definition) is 6. The SMILES string of the molecule is CCc1noc(C)c1C(=O)O[C@H](C)C(=O)Nc1c(C)n(C)n(-c2ccccc2)c1=O. The van der Waals surface area contributed by atoms with E-state index >= 15 is 0 Å². The van der Waals surface area contributed by atoms with E-state index < -0.39 is 18.0 Å². The van der Waals surface area contributed by atoms with E-state index in [0.717, 1.165) is 0 Å². The lowest BCUT2D eigenvalue weighted by atomic mass is 10.1. The topological polar surface area (TPSA) is 108 Å². The molecule has 0 aliphatic carbocycles. The maximum absolute atomic E-state index is 12.9. The van der Waals surface area contributed by atoms with Gasteiger partial charge in [-0.15, -0.1) is 0 Å². The monoisotopic (exact) mass is 412 g/mol. The second-order valence-electron chi connectivity index (χ2n) is 6.89. The Bertz CT molecular complexity index is 1140. The van der Waals surface area contributed by atoms with Crippen molar-refractivity contribution in [3.63, 3.8) is 0 Å². The first-order valence-corrected chi connectivity index (χ1v) is 9.57. The lowest BCUT2D eigenvalue weighted by Crippen LogP contribution is -2.32. The Morgan fingerprint density at radius 3 is 2.53 bits per heavy atom. The van der Waals surface area contributed by atoms with Crippen molar-refractivity contribution in [2.45, 2.75) is 40.2 Å². The van der Waals surface area contributed by atoms with Crippen LogP contribution in [0.5, 0.6) is 0 Å². The maximum Gasteiger partial charge on any atom is 0.344 e. The minimum Gasteiger partial charge on any atom is -0.449 e. The number of aromatic nitrogens is 3. The van der Waals surface area contributed by atoms with Crippen LogP contribution in [0.2, 0.25) is 0 Å². The number of aryl methyl sites for hydroxylation is 2. The molecule has 0 radical (unpaired) electrons. The highest BCUT2D eigenvalue weighted by Crippen LogP contribution is 2.17. The van der Waals surface area contributed by atoms with Crippen molar-refractivity contribution in [1.82, 2.24) is 14.5 Å². The molecule has 0 fully saturated rings. The fourth-order valence-corrected chi connectivity index (χ4v) is 3.13. The molecule has 0 aliphatic heterocycles. The zero-order chi connectivity index (χ0) is 22.0. The molecule has 1 aromatic carbocycles. The minimum absolute atomic E-state index is 0.129. The van der Waals surface area contributed by atoms with E-state index in [0.29, 0.717) is 29.3 Å². The zero-order valence-electron chi connectivity index (χ0n) is 17.6. The van der Waals surface area contributed by atoms with Crippen molar-refractivity contribution < 1.29 is 18.8 Å². The first-order valence-electron chi connectivity index (χ1n) is 9.57. The summed E-state index contributed by atoms with van der Waals surface area (Å²) < 4.78 is 13.4. The van der Waals surface area contributed by atoms with E-state index in [9.17, 15) is 14.4 Å². The van der Waals surface area contributed by atoms with Gasteiger partial charge in [-0.25, -0.2) is 9.48 Å². The first kappa shape index (κ1) is 21.1. The summed E-state index contributed by atoms with van der Waals surface area (Å²) in [6.07, 6.45) is -0.634. The molecular formula is C21H24N4O5. The van der Waals surface area contributed by atoms with Crippen molar-refractivity contribution in [3.8, 4) is 5.69 Å². The Hall–Kier alpha value is -3.62. The number of esters is 1. The van der Waals surface area contributed by atoms with Gasteiger partial charge in [0.2, 0.25) is 0 Å². The van der Waals surface area contributed by atoms with E-state index in [1.807, 2.05) is 25.1 Å². The van der Waals surface area contributed by atoms with Crippen LogP contribution in [0.15, 0.2) is 39.6 Å². The van der Waals surface area contributed by atoms with E-state index in [-0.39, 0.29) is 16.8 Å². The number of carbonyl (C=O) groups excluding carboxylic acids is 2. The summed E-state index contributed by atoms with van der Waals surface area (Å²) in [6.45, 7) is 6.60. The second kappa shape index (κ2) is 8.40. The molecule has 1 amide bonds. The predicted octanol–water partition coefficient (Wildman–Crippen LogP) is 2.53. The molecule has 0 saturated heterocycles. The van der Waals surface area contributed by atoms with Crippen LogP contribution >= 0.6 is 0 Å². The zero-order valence-corrected chi connectivity index (χ0v) is 17.6. The van der Waals surface area contributed by atoms with E-state index in [2.05, 4.69) is 10.5 Å². The highest BCUT2D eigenvalue weighted by Gasteiger charge is 2.27. The van der Waals surface area contributed by atoms with E-state index in [1.54, 1.807) is 37.7 Å². The molecule has 158 valence electrons. The molecule has 0 aliphatic rings. The number of nitrogens with zero attached hydrogens (tertiary/aromatic N) is 3. The number of carbonyl (C=O) groups is 2. The highest BCUT2D eigenvalue weighted by atomic mass is 16.5. The number of rotatable bonds is 6. The summed E-state index contributed by atoms with van der Waals surface area (Å²) in [7, 11) is 1.73. The summed E-state index contributed by atoms with van der Waals surface area (Å²) >= 11 is 0. The Labute approximate surface area is 173 Å². The summed E-state index contributed by atoms with van der Waals surface area (Å²) in [5.41, 5.74) is 1.68. The molecular weight excluding hydrogens is 388 g/mol. The average molecular weight is 412 g/mol. The van der Waals surface area contributed by atoms with E-state index in [4.69, 9.17) is 9.26 Å². The number of amides is 1. The molecule has 3 aromatic rings. The van der Waals surface area contributed by atoms with Gasteiger partial charge in [-0.2, -0.15) is 0 Å². The minimum atomic E-state index is -1.12. The normalized spacial score (nSPS) is 11.9. The molecule has 1 N–H and O–H groups in total. The van der Waals surface area contributed by atoms with Crippen LogP contribution in [0, 0.1) is 13.8 Å². The van der Waals surface area contributed by atoms with Gasteiger partial charge in [0.15, 0.2) is 6.10 Å². The van der Waals surface area contributed by atoms with Gasteiger partial charge in [-0.1, -0.05) is 30.3 Å². The first-order chi connectivity index (χ1) is 14.3. The number of ether oxygens (including phenoxy) is 1. The highest BCUT2D eigenvalue weighted by molar-refractivity contribution is 5.98. The molecule has 0 spiro atoms. The fourth-order valence-electron chi connectivity index (χ4n) is 3.13. The van der Waals surface area contributed by atoms with Gasteiger partial charge in [-0.3, -0.25) is 14.3 Å². The molecule has 9 heteroatoms.